The zero-order chi connectivity index (χ0) is 16.3. The maximum Gasteiger partial charge on any atom is 0.287 e. The summed E-state index contributed by atoms with van der Waals surface area (Å²) in [6, 6.07) is 7.01. The number of aliphatic hydroxyl groups is 1. The number of furan rings is 1. The number of amides is 1. The summed E-state index contributed by atoms with van der Waals surface area (Å²) in [5.41, 5.74) is 0.681. The molecule has 1 aliphatic rings. The van der Waals surface area contributed by atoms with Crippen LogP contribution in [-0.4, -0.2) is 24.2 Å². The van der Waals surface area contributed by atoms with Crippen molar-refractivity contribution in [3.8, 4) is 0 Å². The van der Waals surface area contributed by atoms with Crippen LogP contribution < -0.4 is 5.32 Å². The fourth-order valence-electron chi connectivity index (χ4n) is 3.54. The highest BCUT2D eigenvalue weighted by molar-refractivity contribution is 6.31. The van der Waals surface area contributed by atoms with E-state index in [0.717, 1.165) is 24.6 Å². The highest BCUT2D eigenvalue weighted by atomic mass is 35.5. The van der Waals surface area contributed by atoms with Gasteiger partial charge < -0.3 is 14.8 Å². The molecule has 23 heavy (non-hydrogen) atoms. The second kappa shape index (κ2) is 6.93. The first-order valence-electron chi connectivity index (χ1n) is 8.20. The van der Waals surface area contributed by atoms with Gasteiger partial charge in [0, 0.05) is 23.6 Å². The summed E-state index contributed by atoms with van der Waals surface area (Å²) in [5, 5.41) is 13.8. The monoisotopic (exact) mass is 335 g/mol. The Hall–Kier alpha value is -1.52. The van der Waals surface area contributed by atoms with E-state index in [1.165, 1.54) is 19.3 Å². The molecule has 0 radical (unpaired) electrons. The number of halogens is 1. The van der Waals surface area contributed by atoms with Crippen LogP contribution in [0.1, 0.15) is 49.1 Å². The van der Waals surface area contributed by atoms with E-state index in [9.17, 15) is 9.90 Å². The third-order valence-electron chi connectivity index (χ3n) is 4.88. The number of carbonyl (C=O) groups excluding carboxylic acids is 1. The summed E-state index contributed by atoms with van der Waals surface area (Å²) in [5.74, 6) is 0.0948. The SMILES string of the molecule is O=C(NCC1(CCO)CCCCC1)c1cc2cc(Cl)ccc2o1. The molecule has 5 heteroatoms. The van der Waals surface area contributed by atoms with Crippen molar-refractivity contribution < 1.29 is 14.3 Å². The van der Waals surface area contributed by atoms with E-state index in [-0.39, 0.29) is 17.9 Å². The second-order valence-electron chi connectivity index (χ2n) is 6.51. The molecule has 124 valence electrons. The van der Waals surface area contributed by atoms with Gasteiger partial charge in [-0.2, -0.15) is 0 Å². The summed E-state index contributed by atoms with van der Waals surface area (Å²) >= 11 is 5.96. The van der Waals surface area contributed by atoms with Gasteiger partial charge in [-0.3, -0.25) is 4.79 Å². The summed E-state index contributed by atoms with van der Waals surface area (Å²) in [6.07, 6.45) is 6.43. The zero-order valence-electron chi connectivity index (χ0n) is 13.1. The van der Waals surface area contributed by atoms with Crippen LogP contribution in [0.3, 0.4) is 0 Å². The molecule has 1 fully saturated rings. The molecule has 2 aromatic rings. The highest BCUT2D eigenvalue weighted by Gasteiger charge is 2.32. The Labute approximate surface area is 140 Å². The Kier molecular flexibility index (Phi) is 4.93. The average Bonchev–Trinajstić information content (AvgIpc) is 2.97. The fraction of sp³-hybridized carbons (Fsp3) is 0.500. The van der Waals surface area contributed by atoms with Crippen molar-refractivity contribution in [3.63, 3.8) is 0 Å². The molecule has 1 aliphatic carbocycles. The highest BCUT2D eigenvalue weighted by Crippen LogP contribution is 2.38. The largest absolute Gasteiger partial charge is 0.451 e. The molecule has 0 saturated heterocycles. The number of nitrogens with one attached hydrogen (secondary N) is 1. The molecule has 1 aromatic heterocycles. The van der Waals surface area contributed by atoms with Crippen molar-refractivity contribution in [3.05, 3.63) is 35.0 Å². The van der Waals surface area contributed by atoms with E-state index < -0.39 is 0 Å². The minimum atomic E-state index is -0.208. The molecule has 3 rings (SSSR count). The summed E-state index contributed by atoms with van der Waals surface area (Å²) < 4.78 is 5.60. The van der Waals surface area contributed by atoms with Crippen LogP contribution in [0.4, 0.5) is 0 Å². The van der Waals surface area contributed by atoms with Gasteiger partial charge in [0.15, 0.2) is 5.76 Å². The van der Waals surface area contributed by atoms with Crippen LogP contribution in [0.15, 0.2) is 28.7 Å². The van der Waals surface area contributed by atoms with Crippen LogP contribution in [0.25, 0.3) is 11.0 Å². The summed E-state index contributed by atoms with van der Waals surface area (Å²) in [7, 11) is 0. The maximum atomic E-state index is 12.4. The number of hydrogen-bond acceptors (Lipinski definition) is 3. The van der Waals surface area contributed by atoms with E-state index in [0.29, 0.717) is 22.9 Å². The molecule has 4 nitrogen and oxygen atoms in total. The van der Waals surface area contributed by atoms with Crippen molar-refractivity contribution in [2.24, 2.45) is 5.41 Å². The number of hydrogen-bond donors (Lipinski definition) is 2. The lowest BCUT2D eigenvalue weighted by atomic mass is 9.72. The van der Waals surface area contributed by atoms with Gasteiger partial charge in [-0.05, 0) is 48.9 Å². The topological polar surface area (TPSA) is 62.5 Å². The number of carbonyl (C=O) groups is 1. The van der Waals surface area contributed by atoms with Gasteiger partial charge in [-0.15, -0.1) is 0 Å². The van der Waals surface area contributed by atoms with Gasteiger partial charge in [0.05, 0.1) is 0 Å². The first-order chi connectivity index (χ1) is 11.1. The van der Waals surface area contributed by atoms with Crippen molar-refractivity contribution in [1.82, 2.24) is 5.32 Å². The first-order valence-corrected chi connectivity index (χ1v) is 8.58. The Balaban J connectivity index is 1.69. The Morgan fingerprint density at radius 3 is 2.78 bits per heavy atom. The van der Waals surface area contributed by atoms with E-state index in [2.05, 4.69) is 5.32 Å². The van der Waals surface area contributed by atoms with E-state index in [4.69, 9.17) is 16.0 Å². The molecule has 2 N–H and O–H groups in total. The Bertz CT molecular complexity index is 683. The predicted molar refractivity (Wildman–Crippen MR) is 90.8 cm³/mol. The van der Waals surface area contributed by atoms with Gasteiger partial charge in [0.2, 0.25) is 0 Å². The molecule has 1 saturated carbocycles. The molecule has 0 atom stereocenters. The minimum absolute atomic E-state index is 0.0258. The van der Waals surface area contributed by atoms with Crippen LogP contribution in [0.5, 0.6) is 0 Å². The number of rotatable bonds is 5. The first kappa shape index (κ1) is 16.3. The van der Waals surface area contributed by atoms with Crippen LogP contribution in [0.2, 0.25) is 5.02 Å². The third kappa shape index (κ3) is 3.70. The molecule has 1 aromatic carbocycles. The van der Waals surface area contributed by atoms with Crippen molar-refractivity contribution in [2.75, 3.05) is 13.2 Å². The lowest BCUT2D eigenvalue weighted by Gasteiger charge is -2.37. The smallest absolute Gasteiger partial charge is 0.287 e. The van der Waals surface area contributed by atoms with Crippen molar-refractivity contribution >= 4 is 28.5 Å². The lowest BCUT2D eigenvalue weighted by molar-refractivity contribution is 0.0846. The van der Waals surface area contributed by atoms with E-state index >= 15 is 0 Å². The quantitative estimate of drug-likeness (QED) is 0.862. The van der Waals surface area contributed by atoms with Gasteiger partial charge in [-0.25, -0.2) is 0 Å². The van der Waals surface area contributed by atoms with Crippen LogP contribution >= 0.6 is 11.6 Å². The third-order valence-corrected chi connectivity index (χ3v) is 5.12. The molecule has 0 bridgehead atoms. The van der Waals surface area contributed by atoms with Gasteiger partial charge >= 0.3 is 0 Å². The van der Waals surface area contributed by atoms with Crippen molar-refractivity contribution in [1.29, 1.82) is 0 Å². The standard InChI is InChI=1S/C18H22ClNO3/c19-14-4-5-15-13(10-14)11-16(23-15)17(22)20-12-18(8-9-21)6-2-1-3-7-18/h4-5,10-11,21H,1-3,6-9,12H2,(H,20,22). The minimum Gasteiger partial charge on any atom is -0.451 e. The normalized spacial score (nSPS) is 17.3. The average molecular weight is 336 g/mol. The maximum absolute atomic E-state index is 12.4. The Morgan fingerprint density at radius 1 is 1.26 bits per heavy atom. The van der Waals surface area contributed by atoms with E-state index in [1.807, 2.05) is 0 Å². The van der Waals surface area contributed by atoms with Gasteiger partial charge in [0.1, 0.15) is 5.58 Å². The summed E-state index contributed by atoms with van der Waals surface area (Å²) in [4.78, 5) is 12.4. The molecule has 1 amide bonds. The predicted octanol–water partition coefficient (Wildman–Crippen LogP) is 4.15. The molecule has 0 aliphatic heterocycles. The molecular weight excluding hydrogens is 314 g/mol. The Morgan fingerprint density at radius 2 is 2.04 bits per heavy atom. The van der Waals surface area contributed by atoms with E-state index in [1.54, 1.807) is 24.3 Å². The van der Waals surface area contributed by atoms with Gasteiger partial charge in [0.25, 0.3) is 5.91 Å². The molecule has 0 unspecified atom stereocenters. The summed E-state index contributed by atoms with van der Waals surface area (Å²) in [6.45, 7) is 0.753. The van der Waals surface area contributed by atoms with Crippen molar-refractivity contribution in [2.45, 2.75) is 38.5 Å². The second-order valence-corrected chi connectivity index (χ2v) is 6.95. The number of benzene rings is 1. The zero-order valence-corrected chi connectivity index (χ0v) is 13.9. The molecular formula is C18H22ClNO3. The molecule has 0 spiro atoms. The van der Waals surface area contributed by atoms with Crippen LogP contribution in [-0.2, 0) is 0 Å². The molecule has 1 heterocycles. The lowest BCUT2D eigenvalue weighted by Crippen LogP contribution is -2.39. The number of aliphatic hydroxyl groups excluding tert-OH is 1. The van der Waals surface area contributed by atoms with Crippen LogP contribution in [0, 0.1) is 5.41 Å². The number of fused-ring (bicyclic) bond motifs is 1. The van der Waals surface area contributed by atoms with Gasteiger partial charge in [-0.1, -0.05) is 30.9 Å². The fourth-order valence-corrected chi connectivity index (χ4v) is 3.72.